The second-order valence-electron chi connectivity index (χ2n) is 3.82. The van der Waals surface area contributed by atoms with Crippen molar-refractivity contribution in [3.8, 4) is 0 Å². The molecule has 16 heavy (non-hydrogen) atoms. The molecule has 0 bridgehead atoms. The van der Waals surface area contributed by atoms with E-state index < -0.39 is 5.97 Å². The number of carbonyl (C=O) groups is 2. The highest BCUT2D eigenvalue weighted by molar-refractivity contribution is 5.84. The fraction of sp³-hybridized carbons (Fsp3) is 0.667. The van der Waals surface area contributed by atoms with Crippen molar-refractivity contribution >= 4 is 11.9 Å². The first-order valence-electron chi connectivity index (χ1n) is 5.64. The maximum atomic E-state index is 11.3. The standard InChI is InChI=1S/C12H21NO3/c1-5-9(3)7-11(13-10(4)14)8-12(15)16-6-2/h8-9H,5-7H2,1-4H3,(H,13,14). The third-order valence-corrected chi connectivity index (χ3v) is 2.18. The SMILES string of the molecule is CCOC(=O)C=C(CC(C)CC)NC(C)=O. The number of rotatable bonds is 6. The number of ether oxygens (including phenoxy) is 1. The summed E-state index contributed by atoms with van der Waals surface area (Å²) < 4.78 is 4.80. The van der Waals surface area contributed by atoms with Crippen LogP contribution in [-0.2, 0) is 14.3 Å². The first kappa shape index (κ1) is 14.7. The smallest absolute Gasteiger partial charge is 0.332 e. The predicted molar refractivity (Wildman–Crippen MR) is 62.6 cm³/mol. The van der Waals surface area contributed by atoms with Gasteiger partial charge in [0.1, 0.15) is 0 Å². The van der Waals surface area contributed by atoms with Crippen molar-refractivity contribution in [3.63, 3.8) is 0 Å². The second kappa shape index (κ2) is 7.91. The Hall–Kier alpha value is -1.32. The molecule has 1 N–H and O–H groups in total. The van der Waals surface area contributed by atoms with Crippen LogP contribution in [-0.4, -0.2) is 18.5 Å². The minimum Gasteiger partial charge on any atom is -0.463 e. The molecule has 1 unspecified atom stereocenters. The van der Waals surface area contributed by atoms with Crippen molar-refractivity contribution in [1.29, 1.82) is 0 Å². The normalized spacial score (nSPS) is 13.1. The molecule has 0 heterocycles. The monoisotopic (exact) mass is 227 g/mol. The highest BCUT2D eigenvalue weighted by atomic mass is 16.5. The van der Waals surface area contributed by atoms with E-state index in [2.05, 4.69) is 19.2 Å². The van der Waals surface area contributed by atoms with E-state index in [4.69, 9.17) is 4.74 Å². The van der Waals surface area contributed by atoms with Crippen LogP contribution < -0.4 is 5.32 Å². The number of esters is 1. The van der Waals surface area contributed by atoms with E-state index in [1.807, 2.05) is 0 Å². The number of hydrogen-bond donors (Lipinski definition) is 1. The maximum Gasteiger partial charge on any atom is 0.332 e. The fourth-order valence-electron chi connectivity index (χ4n) is 1.22. The van der Waals surface area contributed by atoms with Crippen LogP contribution >= 0.6 is 0 Å². The molecule has 0 radical (unpaired) electrons. The van der Waals surface area contributed by atoms with Gasteiger partial charge in [-0.05, 0) is 19.3 Å². The molecule has 0 spiro atoms. The zero-order valence-corrected chi connectivity index (χ0v) is 10.5. The molecule has 0 fully saturated rings. The van der Waals surface area contributed by atoms with E-state index in [1.54, 1.807) is 6.92 Å². The summed E-state index contributed by atoms with van der Waals surface area (Å²) in [6.45, 7) is 7.65. The van der Waals surface area contributed by atoms with E-state index in [0.29, 0.717) is 24.6 Å². The summed E-state index contributed by atoms with van der Waals surface area (Å²) in [6, 6.07) is 0. The topological polar surface area (TPSA) is 55.4 Å². The molecule has 0 aromatic heterocycles. The lowest BCUT2D eigenvalue weighted by Crippen LogP contribution is -2.22. The molecule has 0 rings (SSSR count). The average Bonchev–Trinajstić information content (AvgIpc) is 2.16. The number of carbonyl (C=O) groups excluding carboxylic acids is 2. The van der Waals surface area contributed by atoms with Gasteiger partial charge in [0.05, 0.1) is 6.61 Å². The largest absolute Gasteiger partial charge is 0.463 e. The van der Waals surface area contributed by atoms with E-state index >= 15 is 0 Å². The molecule has 0 aliphatic carbocycles. The van der Waals surface area contributed by atoms with Crippen LogP contribution in [0.5, 0.6) is 0 Å². The van der Waals surface area contributed by atoms with Crippen LogP contribution in [0.2, 0.25) is 0 Å². The Morgan fingerprint density at radius 2 is 2.00 bits per heavy atom. The highest BCUT2D eigenvalue weighted by Gasteiger charge is 2.08. The van der Waals surface area contributed by atoms with Gasteiger partial charge in [0, 0.05) is 18.7 Å². The summed E-state index contributed by atoms with van der Waals surface area (Å²) >= 11 is 0. The minimum atomic E-state index is -0.408. The van der Waals surface area contributed by atoms with Crippen molar-refractivity contribution in [2.24, 2.45) is 5.92 Å². The highest BCUT2D eigenvalue weighted by Crippen LogP contribution is 2.12. The Kier molecular flexibility index (Phi) is 7.25. The van der Waals surface area contributed by atoms with Crippen LogP contribution in [0.1, 0.15) is 40.5 Å². The Labute approximate surface area is 97.1 Å². The molecule has 0 saturated heterocycles. The molecule has 0 aliphatic heterocycles. The van der Waals surface area contributed by atoms with Gasteiger partial charge in [0.15, 0.2) is 0 Å². The summed E-state index contributed by atoms with van der Waals surface area (Å²) in [7, 11) is 0. The van der Waals surface area contributed by atoms with Gasteiger partial charge < -0.3 is 10.1 Å². The molecule has 0 aromatic rings. The Bertz CT molecular complexity index is 271. The van der Waals surface area contributed by atoms with Gasteiger partial charge >= 0.3 is 5.97 Å². The van der Waals surface area contributed by atoms with Crippen LogP contribution in [0.4, 0.5) is 0 Å². The molecule has 1 amide bonds. The fourth-order valence-corrected chi connectivity index (χ4v) is 1.22. The van der Waals surface area contributed by atoms with Crippen LogP contribution in [0.15, 0.2) is 11.8 Å². The van der Waals surface area contributed by atoms with Gasteiger partial charge in [-0.25, -0.2) is 4.79 Å². The zero-order chi connectivity index (χ0) is 12.6. The van der Waals surface area contributed by atoms with Crippen molar-refractivity contribution in [2.45, 2.75) is 40.5 Å². The number of nitrogens with one attached hydrogen (secondary N) is 1. The number of hydrogen-bond acceptors (Lipinski definition) is 3. The molecule has 4 nitrogen and oxygen atoms in total. The molecular weight excluding hydrogens is 206 g/mol. The van der Waals surface area contributed by atoms with E-state index in [-0.39, 0.29) is 5.91 Å². The molecule has 0 saturated carbocycles. The Morgan fingerprint density at radius 1 is 1.38 bits per heavy atom. The molecule has 1 atom stereocenters. The van der Waals surface area contributed by atoms with Crippen molar-refractivity contribution in [3.05, 3.63) is 11.8 Å². The third kappa shape index (κ3) is 7.04. The van der Waals surface area contributed by atoms with Gasteiger partial charge in [0.2, 0.25) is 5.91 Å². The zero-order valence-electron chi connectivity index (χ0n) is 10.5. The van der Waals surface area contributed by atoms with Crippen LogP contribution in [0, 0.1) is 5.92 Å². The summed E-state index contributed by atoms with van der Waals surface area (Å²) in [5.74, 6) is -0.152. The number of allylic oxidation sites excluding steroid dienone is 1. The molecule has 4 heteroatoms. The predicted octanol–water partition coefficient (Wildman–Crippen LogP) is 2.01. The van der Waals surface area contributed by atoms with Crippen molar-refractivity contribution in [1.82, 2.24) is 5.32 Å². The summed E-state index contributed by atoms with van der Waals surface area (Å²) in [6.07, 6.45) is 3.03. The van der Waals surface area contributed by atoms with Gasteiger partial charge in [-0.15, -0.1) is 0 Å². The summed E-state index contributed by atoms with van der Waals surface area (Å²) in [5.41, 5.74) is 0.625. The summed E-state index contributed by atoms with van der Waals surface area (Å²) in [4.78, 5) is 22.2. The van der Waals surface area contributed by atoms with E-state index in [1.165, 1.54) is 13.0 Å². The first-order valence-corrected chi connectivity index (χ1v) is 5.64. The quantitative estimate of drug-likeness (QED) is 0.558. The molecule has 92 valence electrons. The van der Waals surface area contributed by atoms with Gasteiger partial charge in [-0.1, -0.05) is 20.3 Å². The van der Waals surface area contributed by atoms with Crippen molar-refractivity contribution in [2.75, 3.05) is 6.61 Å². The summed E-state index contributed by atoms with van der Waals surface area (Å²) in [5, 5.41) is 2.66. The van der Waals surface area contributed by atoms with Gasteiger partial charge in [0.25, 0.3) is 0 Å². The average molecular weight is 227 g/mol. The molecule has 0 aliphatic rings. The van der Waals surface area contributed by atoms with Crippen LogP contribution in [0.3, 0.4) is 0 Å². The lowest BCUT2D eigenvalue weighted by molar-refractivity contribution is -0.137. The van der Waals surface area contributed by atoms with Gasteiger partial charge in [-0.3, -0.25) is 4.79 Å². The van der Waals surface area contributed by atoms with Gasteiger partial charge in [-0.2, -0.15) is 0 Å². The maximum absolute atomic E-state index is 11.3. The van der Waals surface area contributed by atoms with Crippen molar-refractivity contribution < 1.29 is 14.3 Å². The first-order chi connectivity index (χ1) is 7.49. The second-order valence-corrected chi connectivity index (χ2v) is 3.82. The van der Waals surface area contributed by atoms with Crippen LogP contribution in [0.25, 0.3) is 0 Å². The minimum absolute atomic E-state index is 0.168. The molecular formula is C12H21NO3. The Balaban J connectivity index is 4.51. The lowest BCUT2D eigenvalue weighted by Gasteiger charge is -2.12. The van der Waals surface area contributed by atoms with E-state index in [9.17, 15) is 9.59 Å². The number of amides is 1. The van der Waals surface area contributed by atoms with E-state index in [0.717, 1.165) is 6.42 Å². The molecule has 0 aromatic carbocycles. The Morgan fingerprint density at radius 3 is 2.44 bits per heavy atom. The third-order valence-electron chi connectivity index (χ3n) is 2.18. The lowest BCUT2D eigenvalue weighted by atomic mass is 10.0.